The second-order valence-corrected chi connectivity index (χ2v) is 7.32. The maximum atomic E-state index is 12.3. The van der Waals surface area contributed by atoms with Crippen molar-refractivity contribution in [1.29, 1.82) is 0 Å². The van der Waals surface area contributed by atoms with Crippen LogP contribution in [0, 0.1) is 0 Å². The van der Waals surface area contributed by atoms with Crippen LogP contribution >= 0.6 is 0 Å². The quantitative estimate of drug-likeness (QED) is 0.650. The summed E-state index contributed by atoms with van der Waals surface area (Å²) in [5.74, 6) is 2.64. The third-order valence-corrected chi connectivity index (χ3v) is 5.21. The van der Waals surface area contributed by atoms with Crippen LogP contribution in [-0.2, 0) is 17.8 Å². The van der Waals surface area contributed by atoms with Gasteiger partial charge in [0.2, 0.25) is 5.91 Å². The molecule has 7 heteroatoms. The summed E-state index contributed by atoms with van der Waals surface area (Å²) >= 11 is 0. The number of rotatable bonds is 7. The van der Waals surface area contributed by atoms with Crippen LogP contribution in [0.3, 0.4) is 0 Å². The lowest BCUT2D eigenvalue weighted by Gasteiger charge is -2.35. The molecular weight excluding hydrogens is 380 g/mol. The van der Waals surface area contributed by atoms with E-state index in [1.54, 1.807) is 19.6 Å². The normalized spacial score (nSPS) is 14.5. The number of methoxy groups -OCH3 is 1. The van der Waals surface area contributed by atoms with Gasteiger partial charge in [-0.2, -0.15) is 0 Å². The van der Waals surface area contributed by atoms with E-state index in [1.165, 1.54) is 0 Å². The first-order chi connectivity index (χ1) is 14.7. The van der Waals surface area contributed by atoms with Gasteiger partial charge in [-0.3, -0.25) is 9.69 Å². The van der Waals surface area contributed by atoms with Gasteiger partial charge in [0.15, 0.2) is 0 Å². The van der Waals surface area contributed by atoms with Gasteiger partial charge in [-0.15, -0.1) is 0 Å². The number of carbonyl (C=O) groups excluding carboxylic acids is 1. The molecule has 3 aromatic rings. The predicted octanol–water partition coefficient (Wildman–Crippen LogP) is 3.19. The zero-order valence-corrected chi connectivity index (χ0v) is 17.1. The average molecular weight is 406 g/mol. The van der Waals surface area contributed by atoms with Crippen molar-refractivity contribution < 1.29 is 13.9 Å². The third-order valence-electron chi connectivity index (χ3n) is 5.21. The monoisotopic (exact) mass is 406 g/mol. The zero-order valence-electron chi connectivity index (χ0n) is 17.1. The molecular formula is C23H26N4O3. The fraction of sp³-hybridized carbons (Fsp3) is 0.304. The largest absolute Gasteiger partial charge is 0.497 e. The molecule has 2 aromatic heterocycles. The molecule has 1 aliphatic heterocycles. The Morgan fingerprint density at radius 3 is 2.53 bits per heavy atom. The van der Waals surface area contributed by atoms with Gasteiger partial charge in [0, 0.05) is 26.2 Å². The minimum atomic E-state index is -0.0683. The zero-order chi connectivity index (χ0) is 20.8. The molecule has 0 aliphatic carbocycles. The van der Waals surface area contributed by atoms with E-state index in [9.17, 15) is 4.79 Å². The highest BCUT2D eigenvalue weighted by molar-refractivity contribution is 5.92. The number of anilines is 2. The minimum Gasteiger partial charge on any atom is -0.497 e. The summed E-state index contributed by atoms with van der Waals surface area (Å²) in [6.45, 7) is 4.59. The molecule has 0 bridgehead atoms. The van der Waals surface area contributed by atoms with Gasteiger partial charge in [-0.25, -0.2) is 4.98 Å². The molecule has 1 aliphatic rings. The summed E-state index contributed by atoms with van der Waals surface area (Å²) < 4.78 is 10.6. The first-order valence-corrected chi connectivity index (χ1v) is 10.1. The Hall–Kier alpha value is -3.32. The molecule has 7 nitrogen and oxygen atoms in total. The van der Waals surface area contributed by atoms with Crippen molar-refractivity contribution in [2.75, 3.05) is 43.5 Å². The van der Waals surface area contributed by atoms with Gasteiger partial charge in [0.1, 0.15) is 17.3 Å². The van der Waals surface area contributed by atoms with Crippen molar-refractivity contribution in [3.63, 3.8) is 0 Å². The molecule has 1 saturated heterocycles. The van der Waals surface area contributed by atoms with Gasteiger partial charge >= 0.3 is 0 Å². The Bertz CT molecular complexity index is 932. The number of amides is 1. The van der Waals surface area contributed by atoms with E-state index in [1.807, 2.05) is 48.5 Å². The topological polar surface area (TPSA) is 70.8 Å². The van der Waals surface area contributed by atoms with Gasteiger partial charge in [0.05, 0.1) is 38.2 Å². The van der Waals surface area contributed by atoms with Crippen molar-refractivity contribution in [1.82, 2.24) is 9.88 Å². The van der Waals surface area contributed by atoms with E-state index in [4.69, 9.17) is 9.15 Å². The van der Waals surface area contributed by atoms with E-state index in [0.29, 0.717) is 12.1 Å². The molecule has 0 spiro atoms. The highest BCUT2D eigenvalue weighted by atomic mass is 16.5. The summed E-state index contributed by atoms with van der Waals surface area (Å²) in [5, 5.41) is 2.91. The highest BCUT2D eigenvalue weighted by Gasteiger charge is 2.19. The van der Waals surface area contributed by atoms with Crippen molar-refractivity contribution in [3.8, 4) is 5.75 Å². The number of piperazine rings is 1. The highest BCUT2D eigenvalue weighted by Crippen LogP contribution is 2.18. The summed E-state index contributed by atoms with van der Waals surface area (Å²) in [6, 6.07) is 15.3. The van der Waals surface area contributed by atoms with Crippen LogP contribution in [0.15, 0.2) is 65.4 Å². The molecule has 1 fully saturated rings. The van der Waals surface area contributed by atoms with Gasteiger partial charge in [-0.1, -0.05) is 12.1 Å². The van der Waals surface area contributed by atoms with Crippen molar-refractivity contribution in [2.24, 2.45) is 0 Å². The molecule has 1 aromatic carbocycles. The maximum absolute atomic E-state index is 12.3. The summed E-state index contributed by atoms with van der Waals surface area (Å²) in [7, 11) is 1.62. The SMILES string of the molecule is COc1ccc(CC(=O)Nc2ccc(N3CCN(Cc4ccco4)CC3)nc2)cc1. The lowest BCUT2D eigenvalue weighted by Crippen LogP contribution is -2.46. The van der Waals surface area contributed by atoms with Crippen LogP contribution in [0.2, 0.25) is 0 Å². The van der Waals surface area contributed by atoms with Crippen LogP contribution < -0.4 is 15.0 Å². The molecule has 1 N–H and O–H groups in total. The maximum Gasteiger partial charge on any atom is 0.228 e. The van der Waals surface area contributed by atoms with Crippen molar-refractivity contribution in [2.45, 2.75) is 13.0 Å². The van der Waals surface area contributed by atoms with Crippen molar-refractivity contribution in [3.05, 3.63) is 72.3 Å². The average Bonchev–Trinajstić information content (AvgIpc) is 3.28. The van der Waals surface area contributed by atoms with Gasteiger partial charge in [0.25, 0.3) is 0 Å². The number of furan rings is 1. The predicted molar refractivity (Wildman–Crippen MR) is 116 cm³/mol. The van der Waals surface area contributed by atoms with Crippen LogP contribution in [0.25, 0.3) is 0 Å². The second kappa shape index (κ2) is 9.45. The van der Waals surface area contributed by atoms with Gasteiger partial charge in [-0.05, 0) is 42.0 Å². The van der Waals surface area contributed by atoms with Crippen LogP contribution in [-0.4, -0.2) is 49.1 Å². The number of ether oxygens (including phenoxy) is 1. The Balaban J connectivity index is 1.26. The Morgan fingerprint density at radius 1 is 1.10 bits per heavy atom. The molecule has 0 unspecified atom stereocenters. The summed E-state index contributed by atoms with van der Waals surface area (Å²) in [5.41, 5.74) is 1.64. The van der Waals surface area contributed by atoms with Crippen LogP contribution in [0.1, 0.15) is 11.3 Å². The summed E-state index contributed by atoms with van der Waals surface area (Å²) in [6.07, 6.45) is 3.74. The number of hydrogen-bond acceptors (Lipinski definition) is 6. The number of hydrogen-bond donors (Lipinski definition) is 1. The fourth-order valence-electron chi connectivity index (χ4n) is 3.54. The number of aromatic nitrogens is 1. The van der Waals surface area contributed by atoms with Crippen molar-refractivity contribution >= 4 is 17.4 Å². The van der Waals surface area contributed by atoms with Crippen LogP contribution in [0.5, 0.6) is 5.75 Å². The number of benzene rings is 1. The van der Waals surface area contributed by atoms with Crippen LogP contribution in [0.4, 0.5) is 11.5 Å². The number of carbonyl (C=O) groups is 1. The number of pyridine rings is 1. The molecule has 3 heterocycles. The smallest absolute Gasteiger partial charge is 0.228 e. The molecule has 0 radical (unpaired) electrons. The molecule has 0 atom stereocenters. The molecule has 30 heavy (non-hydrogen) atoms. The van der Waals surface area contributed by atoms with E-state index in [2.05, 4.69) is 20.1 Å². The summed E-state index contributed by atoms with van der Waals surface area (Å²) in [4.78, 5) is 21.5. The molecule has 1 amide bonds. The molecule has 4 rings (SSSR count). The van der Waals surface area contributed by atoms with E-state index >= 15 is 0 Å². The second-order valence-electron chi connectivity index (χ2n) is 7.32. The number of nitrogens with one attached hydrogen (secondary N) is 1. The Morgan fingerprint density at radius 2 is 1.90 bits per heavy atom. The van der Waals surface area contributed by atoms with E-state index < -0.39 is 0 Å². The third kappa shape index (κ3) is 5.18. The molecule has 0 saturated carbocycles. The number of nitrogens with zero attached hydrogens (tertiary/aromatic N) is 3. The van der Waals surface area contributed by atoms with E-state index in [-0.39, 0.29) is 5.91 Å². The molecule has 156 valence electrons. The van der Waals surface area contributed by atoms with Gasteiger partial charge < -0.3 is 19.4 Å². The van der Waals surface area contributed by atoms with E-state index in [0.717, 1.165) is 55.6 Å². The Labute approximate surface area is 176 Å². The lowest BCUT2D eigenvalue weighted by atomic mass is 10.1. The first-order valence-electron chi connectivity index (χ1n) is 10.1. The Kier molecular flexibility index (Phi) is 6.29. The first kappa shape index (κ1) is 20.0. The lowest BCUT2D eigenvalue weighted by molar-refractivity contribution is -0.115. The fourth-order valence-corrected chi connectivity index (χ4v) is 3.54. The standard InChI is InChI=1S/C23H26N4O3/c1-29-20-7-4-18(5-8-20)15-23(28)25-19-6-9-22(24-16-19)27-12-10-26(11-13-27)17-21-3-2-14-30-21/h2-9,14,16H,10-13,15,17H2,1H3,(H,25,28). The minimum absolute atomic E-state index is 0.0683.